The molecule has 12 heteroatoms. The van der Waals surface area contributed by atoms with Gasteiger partial charge in [0, 0.05) is 50.7 Å². The molecular weight excluding hydrogens is 476 g/mol. The molecule has 0 saturated carbocycles. The number of hydrogen-bond donors (Lipinski definition) is 0. The minimum atomic E-state index is -3.50. The van der Waals surface area contributed by atoms with Gasteiger partial charge in [-0.25, -0.2) is 13.1 Å². The number of nitrogens with zero attached hydrogens (tertiary/aromatic N) is 6. The molecule has 0 aliphatic carbocycles. The average Bonchev–Trinajstić information content (AvgIpc) is 3.34. The van der Waals surface area contributed by atoms with Crippen LogP contribution in [0.2, 0.25) is 4.34 Å². The molecule has 8 nitrogen and oxygen atoms in total. The first kappa shape index (κ1) is 22.6. The molecule has 3 aromatic heterocycles. The zero-order valence-corrected chi connectivity index (χ0v) is 20.2. The third-order valence-corrected chi connectivity index (χ3v) is 9.14. The van der Waals surface area contributed by atoms with Crippen LogP contribution >= 0.6 is 35.2 Å². The first-order valence-corrected chi connectivity index (χ1v) is 13.0. The predicted molar refractivity (Wildman–Crippen MR) is 124 cm³/mol. The van der Waals surface area contributed by atoms with Crippen molar-refractivity contribution in [3.63, 3.8) is 0 Å². The number of rotatable bonds is 7. The summed E-state index contributed by atoms with van der Waals surface area (Å²) in [5, 5.41) is 4.77. The highest BCUT2D eigenvalue weighted by atomic mass is 35.5. The van der Waals surface area contributed by atoms with Crippen LogP contribution in [-0.4, -0.2) is 63.1 Å². The van der Waals surface area contributed by atoms with Gasteiger partial charge in [-0.15, -0.1) is 11.3 Å². The first-order chi connectivity index (χ1) is 14.9. The second kappa shape index (κ2) is 9.47. The van der Waals surface area contributed by atoms with E-state index in [-0.39, 0.29) is 4.21 Å². The molecule has 3 aromatic rings. The number of aromatic nitrogens is 4. The Kier molecular flexibility index (Phi) is 6.89. The zero-order chi connectivity index (χ0) is 22.0. The van der Waals surface area contributed by atoms with Crippen LogP contribution < -0.4 is 0 Å². The van der Waals surface area contributed by atoms with Crippen molar-refractivity contribution in [1.82, 2.24) is 28.5 Å². The van der Waals surface area contributed by atoms with Crippen LogP contribution in [0, 0.1) is 4.77 Å². The molecule has 1 aliphatic rings. The fourth-order valence-electron chi connectivity index (χ4n) is 3.54. The van der Waals surface area contributed by atoms with Crippen LogP contribution in [0.25, 0.3) is 11.4 Å². The number of pyridine rings is 1. The predicted octanol–water partition coefficient (Wildman–Crippen LogP) is 3.56. The van der Waals surface area contributed by atoms with E-state index in [9.17, 15) is 8.42 Å². The smallest absolute Gasteiger partial charge is 0.252 e. The Labute approximate surface area is 195 Å². The summed E-state index contributed by atoms with van der Waals surface area (Å²) in [7, 11) is -3.50. The molecule has 0 atom stereocenters. The van der Waals surface area contributed by atoms with Gasteiger partial charge < -0.3 is 0 Å². The fraction of sp³-hybridized carbons (Fsp3) is 0.421. The summed E-state index contributed by atoms with van der Waals surface area (Å²) in [5.74, 6) is 0.824. The normalized spacial score (nSPS) is 16.1. The second-order valence-corrected chi connectivity index (χ2v) is 11.5. The van der Waals surface area contributed by atoms with Crippen molar-refractivity contribution in [2.75, 3.05) is 26.2 Å². The highest BCUT2D eigenvalue weighted by Gasteiger charge is 2.30. The summed E-state index contributed by atoms with van der Waals surface area (Å²) in [5.41, 5.74) is 0.971. The van der Waals surface area contributed by atoms with E-state index in [0.717, 1.165) is 35.7 Å². The van der Waals surface area contributed by atoms with Crippen LogP contribution in [-0.2, 0) is 23.2 Å². The SMILES string of the molecule is CCCn1c(-c2ccncc2)nn(CN2CCN(S(=O)(=O)c3ccc(Cl)s3)CC2)c1=S. The lowest BCUT2D eigenvalue weighted by atomic mass is 10.2. The lowest BCUT2D eigenvalue weighted by Gasteiger charge is -2.33. The van der Waals surface area contributed by atoms with Crippen LogP contribution in [0.1, 0.15) is 13.3 Å². The molecule has 0 aromatic carbocycles. The van der Waals surface area contributed by atoms with Crippen LogP contribution in [0.15, 0.2) is 40.9 Å². The van der Waals surface area contributed by atoms with Crippen molar-refractivity contribution in [3.05, 3.63) is 45.8 Å². The Balaban J connectivity index is 1.48. The van der Waals surface area contributed by atoms with E-state index in [1.165, 1.54) is 4.31 Å². The molecular formula is C19H23ClN6O2S3. The van der Waals surface area contributed by atoms with Crippen LogP contribution in [0.5, 0.6) is 0 Å². The molecule has 4 heterocycles. The Morgan fingerprint density at radius 3 is 2.45 bits per heavy atom. The molecule has 0 bridgehead atoms. The maximum atomic E-state index is 12.8. The highest BCUT2D eigenvalue weighted by molar-refractivity contribution is 7.91. The van der Waals surface area contributed by atoms with Crippen LogP contribution in [0.4, 0.5) is 0 Å². The van der Waals surface area contributed by atoms with Crippen molar-refractivity contribution < 1.29 is 8.42 Å². The first-order valence-electron chi connectivity index (χ1n) is 9.96. The zero-order valence-electron chi connectivity index (χ0n) is 17.0. The molecule has 1 saturated heterocycles. The van der Waals surface area contributed by atoms with Gasteiger partial charge in [0.25, 0.3) is 10.0 Å². The third-order valence-electron chi connectivity index (χ3n) is 5.12. The van der Waals surface area contributed by atoms with Gasteiger partial charge in [-0.1, -0.05) is 18.5 Å². The van der Waals surface area contributed by atoms with Gasteiger partial charge in [0.2, 0.25) is 0 Å². The topological polar surface area (TPSA) is 76.3 Å². The van der Waals surface area contributed by atoms with Crippen molar-refractivity contribution in [2.45, 2.75) is 30.8 Å². The lowest BCUT2D eigenvalue weighted by molar-refractivity contribution is 0.144. The van der Waals surface area contributed by atoms with Gasteiger partial charge >= 0.3 is 0 Å². The molecule has 0 amide bonds. The van der Waals surface area contributed by atoms with Gasteiger partial charge in [-0.05, 0) is 42.9 Å². The van der Waals surface area contributed by atoms with Gasteiger partial charge in [-0.2, -0.15) is 9.40 Å². The third kappa shape index (κ3) is 4.76. The van der Waals surface area contributed by atoms with E-state index in [4.69, 9.17) is 28.9 Å². The number of halogens is 1. The van der Waals surface area contributed by atoms with E-state index in [0.29, 0.717) is 42.0 Å². The molecule has 1 aliphatic heterocycles. The molecule has 4 rings (SSSR count). The standard InChI is InChI=1S/C19H23ClN6O2S3/c1-2-9-25-18(15-5-7-21-8-6-15)22-26(19(25)29)14-23-10-12-24(13-11-23)31(27,28)17-4-3-16(20)30-17/h3-8H,2,9-14H2,1H3. The van der Waals surface area contributed by atoms with Gasteiger partial charge in [0.05, 0.1) is 11.0 Å². The fourth-order valence-corrected chi connectivity index (χ4v) is 6.87. The quantitative estimate of drug-likeness (QED) is 0.463. The van der Waals surface area contributed by atoms with Crippen molar-refractivity contribution in [2.24, 2.45) is 0 Å². The van der Waals surface area contributed by atoms with Crippen molar-refractivity contribution in [3.8, 4) is 11.4 Å². The van der Waals surface area contributed by atoms with E-state index < -0.39 is 10.0 Å². The minimum absolute atomic E-state index is 0.286. The van der Waals surface area contributed by atoms with E-state index in [1.807, 2.05) is 21.4 Å². The van der Waals surface area contributed by atoms with E-state index in [2.05, 4.69) is 16.8 Å². The number of thiophene rings is 1. The Bertz CT molecular complexity index is 1200. The number of sulfonamides is 1. The van der Waals surface area contributed by atoms with Gasteiger partial charge in [0.1, 0.15) is 4.21 Å². The largest absolute Gasteiger partial charge is 0.300 e. The number of hydrogen-bond acceptors (Lipinski definition) is 7. The average molecular weight is 499 g/mol. The van der Waals surface area contributed by atoms with E-state index >= 15 is 0 Å². The monoisotopic (exact) mass is 498 g/mol. The summed E-state index contributed by atoms with van der Waals surface area (Å²) in [6.45, 7) is 5.45. The summed E-state index contributed by atoms with van der Waals surface area (Å²) < 4.78 is 32.4. The maximum Gasteiger partial charge on any atom is 0.252 e. The van der Waals surface area contributed by atoms with Gasteiger partial charge in [-0.3, -0.25) is 14.5 Å². The summed E-state index contributed by atoms with van der Waals surface area (Å²) in [4.78, 5) is 6.25. The molecule has 0 radical (unpaired) electrons. The summed E-state index contributed by atoms with van der Waals surface area (Å²) in [6, 6.07) is 7.03. The molecule has 1 fully saturated rings. The maximum absolute atomic E-state index is 12.8. The number of piperazine rings is 1. The second-order valence-electron chi connectivity index (χ2n) is 7.22. The molecule has 166 valence electrons. The van der Waals surface area contributed by atoms with Crippen molar-refractivity contribution >= 4 is 45.2 Å². The van der Waals surface area contributed by atoms with Crippen LogP contribution in [0.3, 0.4) is 0 Å². The highest BCUT2D eigenvalue weighted by Crippen LogP contribution is 2.28. The Morgan fingerprint density at radius 1 is 1.13 bits per heavy atom. The molecule has 0 unspecified atom stereocenters. The summed E-state index contributed by atoms with van der Waals surface area (Å²) >= 11 is 12.7. The molecule has 31 heavy (non-hydrogen) atoms. The van der Waals surface area contributed by atoms with Gasteiger partial charge in [0.15, 0.2) is 10.6 Å². The Hall–Kier alpha value is -1.63. The molecule has 0 N–H and O–H groups in total. The van der Waals surface area contributed by atoms with Crippen molar-refractivity contribution in [1.29, 1.82) is 0 Å². The lowest BCUT2D eigenvalue weighted by Crippen LogP contribution is -2.48. The van der Waals surface area contributed by atoms with E-state index in [1.54, 1.807) is 24.5 Å². The summed E-state index contributed by atoms with van der Waals surface area (Å²) in [6.07, 6.45) is 4.43. The minimum Gasteiger partial charge on any atom is -0.300 e. The molecule has 0 spiro atoms. The Morgan fingerprint density at radius 2 is 1.84 bits per heavy atom.